The summed E-state index contributed by atoms with van der Waals surface area (Å²) in [6.07, 6.45) is 4.67. The number of aromatic nitrogens is 1. The highest BCUT2D eigenvalue weighted by molar-refractivity contribution is 6.04. The third-order valence-electron chi connectivity index (χ3n) is 4.44. The zero-order valence-electron chi connectivity index (χ0n) is 13.8. The van der Waals surface area contributed by atoms with Gasteiger partial charge >= 0.3 is 5.97 Å². The highest BCUT2D eigenvalue weighted by Crippen LogP contribution is 2.20. The second-order valence-electron chi connectivity index (χ2n) is 6.26. The van der Waals surface area contributed by atoms with Gasteiger partial charge in [0.1, 0.15) is 5.56 Å². The molecule has 130 valence electrons. The van der Waals surface area contributed by atoms with E-state index < -0.39 is 17.4 Å². The molecule has 1 aliphatic rings. The lowest BCUT2D eigenvalue weighted by molar-refractivity contribution is -0.136. The molecule has 6 nitrogen and oxygen atoms in total. The van der Waals surface area contributed by atoms with Gasteiger partial charge in [-0.05, 0) is 48.9 Å². The van der Waals surface area contributed by atoms with Crippen LogP contribution in [0.2, 0.25) is 0 Å². The van der Waals surface area contributed by atoms with E-state index in [1.165, 1.54) is 0 Å². The van der Waals surface area contributed by atoms with Gasteiger partial charge in [0.25, 0.3) is 11.5 Å². The van der Waals surface area contributed by atoms with Gasteiger partial charge in [-0.1, -0.05) is 24.6 Å². The molecule has 0 saturated heterocycles. The molecule has 0 unspecified atom stereocenters. The second-order valence-corrected chi connectivity index (χ2v) is 6.26. The molecule has 1 aromatic heterocycles. The fourth-order valence-electron chi connectivity index (χ4n) is 3.17. The molecule has 0 saturated carbocycles. The SMILES string of the molecule is O=C(O)Cc1ccccc1NC(=O)c1cc2c([nH]c1=O)CCCCC2. The number of H-pyrrole nitrogens is 1. The average molecular weight is 340 g/mol. The smallest absolute Gasteiger partial charge is 0.307 e. The third kappa shape index (κ3) is 3.96. The standard InChI is InChI=1S/C19H20N2O4/c22-17(23)11-13-7-4-5-9-16(13)21-19(25)14-10-12-6-2-1-3-8-15(12)20-18(14)24/h4-5,7,9-10H,1-3,6,8,11H2,(H,20,24)(H,21,25)(H,22,23). The number of nitrogens with one attached hydrogen (secondary N) is 2. The van der Waals surface area contributed by atoms with Gasteiger partial charge in [0, 0.05) is 11.4 Å². The third-order valence-corrected chi connectivity index (χ3v) is 4.44. The molecule has 0 aliphatic heterocycles. The summed E-state index contributed by atoms with van der Waals surface area (Å²) >= 11 is 0. The molecular weight excluding hydrogens is 320 g/mol. The number of carboxylic acid groups (broad SMARTS) is 1. The van der Waals surface area contributed by atoms with E-state index in [0.717, 1.165) is 43.4 Å². The van der Waals surface area contributed by atoms with E-state index in [0.29, 0.717) is 11.3 Å². The highest BCUT2D eigenvalue weighted by Gasteiger charge is 2.17. The Morgan fingerprint density at radius 2 is 1.88 bits per heavy atom. The first-order valence-corrected chi connectivity index (χ1v) is 8.40. The molecule has 6 heteroatoms. The van der Waals surface area contributed by atoms with E-state index in [9.17, 15) is 14.4 Å². The van der Waals surface area contributed by atoms with Crippen molar-refractivity contribution in [3.05, 3.63) is 63.1 Å². The van der Waals surface area contributed by atoms with Crippen molar-refractivity contribution in [1.82, 2.24) is 4.98 Å². The number of carboxylic acids is 1. The molecule has 0 atom stereocenters. The number of para-hydroxylation sites is 1. The van der Waals surface area contributed by atoms with E-state index in [1.807, 2.05) is 0 Å². The van der Waals surface area contributed by atoms with Gasteiger partial charge in [-0.3, -0.25) is 14.4 Å². The Hall–Kier alpha value is -2.89. The zero-order valence-corrected chi connectivity index (χ0v) is 13.8. The van der Waals surface area contributed by atoms with Crippen LogP contribution in [0.15, 0.2) is 35.1 Å². The maximum atomic E-state index is 12.6. The number of anilines is 1. The van der Waals surface area contributed by atoms with Crippen LogP contribution in [-0.2, 0) is 24.1 Å². The number of aliphatic carboxylic acids is 1. The molecule has 2 aromatic rings. The van der Waals surface area contributed by atoms with Crippen molar-refractivity contribution in [2.24, 2.45) is 0 Å². The minimum Gasteiger partial charge on any atom is -0.481 e. The van der Waals surface area contributed by atoms with Crippen LogP contribution in [-0.4, -0.2) is 22.0 Å². The quantitative estimate of drug-likeness (QED) is 0.745. The van der Waals surface area contributed by atoms with E-state index >= 15 is 0 Å². The number of aromatic amines is 1. The molecule has 1 aromatic carbocycles. The summed E-state index contributed by atoms with van der Waals surface area (Å²) in [4.78, 5) is 38.6. The monoisotopic (exact) mass is 340 g/mol. The predicted molar refractivity (Wildman–Crippen MR) is 94.1 cm³/mol. The molecule has 1 amide bonds. The Morgan fingerprint density at radius 1 is 1.12 bits per heavy atom. The summed E-state index contributed by atoms with van der Waals surface area (Å²) in [6, 6.07) is 8.37. The van der Waals surface area contributed by atoms with Crippen LogP contribution in [0.4, 0.5) is 5.69 Å². The van der Waals surface area contributed by atoms with Crippen molar-refractivity contribution in [3.63, 3.8) is 0 Å². The number of benzene rings is 1. The Morgan fingerprint density at radius 3 is 2.68 bits per heavy atom. The Bertz CT molecular complexity index is 870. The summed E-state index contributed by atoms with van der Waals surface area (Å²) in [5.41, 5.74) is 2.49. The lowest BCUT2D eigenvalue weighted by atomic mass is 10.1. The van der Waals surface area contributed by atoms with Gasteiger partial charge in [0.15, 0.2) is 0 Å². The van der Waals surface area contributed by atoms with Crippen LogP contribution in [0.5, 0.6) is 0 Å². The second kappa shape index (κ2) is 7.34. The number of carbonyl (C=O) groups excluding carboxylic acids is 1. The maximum absolute atomic E-state index is 12.6. The lowest BCUT2D eigenvalue weighted by Gasteiger charge is -2.11. The average Bonchev–Trinajstić information content (AvgIpc) is 2.80. The Kier molecular flexibility index (Phi) is 4.97. The van der Waals surface area contributed by atoms with E-state index in [4.69, 9.17) is 5.11 Å². The summed E-state index contributed by atoms with van der Waals surface area (Å²) in [5.74, 6) is -1.50. The minimum absolute atomic E-state index is 0.0609. The molecule has 0 radical (unpaired) electrons. The topological polar surface area (TPSA) is 99.3 Å². The van der Waals surface area contributed by atoms with Crippen molar-refractivity contribution in [1.29, 1.82) is 0 Å². The number of hydrogen-bond acceptors (Lipinski definition) is 3. The van der Waals surface area contributed by atoms with Gasteiger partial charge in [-0.25, -0.2) is 0 Å². The van der Waals surface area contributed by atoms with E-state index in [1.54, 1.807) is 30.3 Å². The first-order chi connectivity index (χ1) is 12.0. The molecule has 0 spiro atoms. The number of carbonyl (C=O) groups is 2. The lowest BCUT2D eigenvalue weighted by Crippen LogP contribution is -2.25. The molecule has 1 aliphatic carbocycles. The van der Waals surface area contributed by atoms with Crippen molar-refractivity contribution in [3.8, 4) is 0 Å². The van der Waals surface area contributed by atoms with Gasteiger partial charge in [0.2, 0.25) is 0 Å². The normalized spacial score (nSPS) is 13.6. The van der Waals surface area contributed by atoms with Crippen LogP contribution in [0.25, 0.3) is 0 Å². The predicted octanol–water partition coefficient (Wildman–Crippen LogP) is 2.52. The number of aryl methyl sites for hydroxylation is 2. The van der Waals surface area contributed by atoms with Crippen molar-refractivity contribution in [2.45, 2.75) is 38.5 Å². The first-order valence-electron chi connectivity index (χ1n) is 8.40. The van der Waals surface area contributed by atoms with Crippen LogP contribution < -0.4 is 10.9 Å². The van der Waals surface area contributed by atoms with Crippen molar-refractivity contribution < 1.29 is 14.7 Å². The number of fused-ring (bicyclic) bond motifs is 1. The number of hydrogen-bond donors (Lipinski definition) is 3. The van der Waals surface area contributed by atoms with Crippen LogP contribution in [0.3, 0.4) is 0 Å². The first kappa shape index (κ1) is 17.0. The van der Waals surface area contributed by atoms with Crippen LogP contribution >= 0.6 is 0 Å². The fraction of sp³-hybridized carbons (Fsp3) is 0.316. The number of pyridine rings is 1. The van der Waals surface area contributed by atoms with E-state index in [2.05, 4.69) is 10.3 Å². The van der Waals surface area contributed by atoms with Gasteiger partial charge < -0.3 is 15.4 Å². The van der Waals surface area contributed by atoms with Crippen LogP contribution in [0, 0.1) is 0 Å². The van der Waals surface area contributed by atoms with Gasteiger partial charge in [-0.2, -0.15) is 0 Å². The zero-order chi connectivity index (χ0) is 17.8. The van der Waals surface area contributed by atoms with Gasteiger partial charge in [-0.15, -0.1) is 0 Å². The molecule has 3 rings (SSSR count). The van der Waals surface area contributed by atoms with Crippen LogP contribution in [0.1, 0.15) is 46.4 Å². The minimum atomic E-state index is -0.982. The van der Waals surface area contributed by atoms with E-state index in [-0.39, 0.29) is 12.0 Å². The fourth-order valence-corrected chi connectivity index (χ4v) is 3.17. The van der Waals surface area contributed by atoms with Gasteiger partial charge in [0.05, 0.1) is 6.42 Å². The molecular formula is C19H20N2O4. The Balaban J connectivity index is 1.88. The summed E-state index contributed by atoms with van der Waals surface area (Å²) in [5, 5.41) is 11.7. The largest absolute Gasteiger partial charge is 0.481 e. The number of rotatable bonds is 4. The molecule has 25 heavy (non-hydrogen) atoms. The summed E-state index contributed by atoms with van der Waals surface area (Å²) in [6.45, 7) is 0. The van der Waals surface area contributed by atoms with Crippen molar-refractivity contribution in [2.75, 3.05) is 5.32 Å². The molecule has 3 N–H and O–H groups in total. The number of amides is 1. The highest BCUT2D eigenvalue weighted by atomic mass is 16.4. The maximum Gasteiger partial charge on any atom is 0.307 e. The summed E-state index contributed by atoms with van der Waals surface area (Å²) in [7, 11) is 0. The molecule has 0 fully saturated rings. The molecule has 0 bridgehead atoms. The summed E-state index contributed by atoms with van der Waals surface area (Å²) < 4.78 is 0. The Labute approximate surface area is 144 Å². The van der Waals surface area contributed by atoms with Crippen molar-refractivity contribution >= 4 is 17.6 Å². The molecule has 1 heterocycles.